The van der Waals surface area contributed by atoms with Gasteiger partial charge in [-0.05, 0) is 43.2 Å². The minimum Gasteiger partial charge on any atom is -0.351 e. The van der Waals surface area contributed by atoms with Crippen LogP contribution in [0.1, 0.15) is 28.8 Å². The van der Waals surface area contributed by atoms with Gasteiger partial charge in [0.05, 0.1) is 12.2 Å². The maximum absolute atomic E-state index is 13.6. The summed E-state index contributed by atoms with van der Waals surface area (Å²) in [5, 5.41) is 2.68. The number of likely N-dealkylation sites (tertiary alicyclic amines) is 1. The van der Waals surface area contributed by atoms with E-state index >= 15 is 0 Å². The smallest absolute Gasteiger partial charge is 0.351 e. The minimum atomic E-state index is -4.55. The van der Waals surface area contributed by atoms with Crippen LogP contribution >= 0.6 is 0 Å². The Balaban J connectivity index is 1.54. The van der Waals surface area contributed by atoms with Crippen molar-refractivity contribution in [1.82, 2.24) is 15.1 Å². The topological polar surface area (TPSA) is 73.0 Å². The SMILES string of the molecule is C=CCNC(=O)CN1CN(c2ccccc2)C2(CCN(C(=O)c3cccc(C(F)(F)F)c3)CC2)C1=O. The van der Waals surface area contributed by atoms with Crippen LogP contribution in [0, 0.1) is 0 Å². The number of rotatable bonds is 6. The van der Waals surface area contributed by atoms with Gasteiger partial charge >= 0.3 is 6.18 Å². The van der Waals surface area contributed by atoms with Crippen LogP contribution in [0.3, 0.4) is 0 Å². The number of hydrogen-bond donors (Lipinski definition) is 1. The van der Waals surface area contributed by atoms with Crippen LogP contribution in [0.2, 0.25) is 0 Å². The number of nitrogens with one attached hydrogen (secondary N) is 1. The maximum atomic E-state index is 13.6. The van der Waals surface area contributed by atoms with Crippen LogP contribution in [0.5, 0.6) is 0 Å². The van der Waals surface area contributed by atoms with Gasteiger partial charge in [-0.1, -0.05) is 30.3 Å². The molecule has 190 valence electrons. The summed E-state index contributed by atoms with van der Waals surface area (Å²) in [6, 6.07) is 13.7. The number of carbonyl (C=O) groups is 3. The Morgan fingerprint density at radius 1 is 1.06 bits per heavy atom. The second kappa shape index (κ2) is 10.0. The lowest BCUT2D eigenvalue weighted by atomic mass is 9.85. The molecular weight excluding hydrogens is 473 g/mol. The van der Waals surface area contributed by atoms with Crippen molar-refractivity contribution in [2.24, 2.45) is 0 Å². The fraction of sp³-hybridized carbons (Fsp3) is 0.346. The first kappa shape index (κ1) is 25.3. The zero-order valence-corrected chi connectivity index (χ0v) is 19.6. The molecule has 0 aromatic heterocycles. The minimum absolute atomic E-state index is 0.0426. The van der Waals surface area contributed by atoms with Gasteiger partial charge in [0.25, 0.3) is 11.8 Å². The summed E-state index contributed by atoms with van der Waals surface area (Å²) in [5.41, 5.74) is -1.06. The number of amides is 3. The van der Waals surface area contributed by atoms with E-state index in [-0.39, 0.29) is 56.5 Å². The highest BCUT2D eigenvalue weighted by molar-refractivity contribution is 5.97. The molecule has 0 bridgehead atoms. The maximum Gasteiger partial charge on any atom is 0.416 e. The standard InChI is InChI=1S/C26H27F3N4O3/c1-2-13-30-22(34)17-32-18-33(21-9-4-3-5-10-21)25(24(32)36)11-14-31(15-12-25)23(35)19-7-6-8-20(16-19)26(27,28)29/h2-10,16H,1,11-15,17-18H2,(H,30,34). The zero-order chi connectivity index (χ0) is 25.9. The summed E-state index contributed by atoms with van der Waals surface area (Å²) >= 11 is 0. The number of benzene rings is 2. The van der Waals surface area contributed by atoms with Gasteiger partial charge in [-0.2, -0.15) is 13.2 Å². The van der Waals surface area contributed by atoms with Gasteiger partial charge in [0.2, 0.25) is 5.91 Å². The van der Waals surface area contributed by atoms with E-state index in [0.29, 0.717) is 6.54 Å². The van der Waals surface area contributed by atoms with E-state index in [9.17, 15) is 27.6 Å². The van der Waals surface area contributed by atoms with Crippen molar-refractivity contribution in [1.29, 1.82) is 0 Å². The fourth-order valence-electron chi connectivity index (χ4n) is 4.83. The predicted octanol–water partition coefficient (Wildman–Crippen LogP) is 3.29. The Labute approximate surface area is 207 Å². The molecule has 4 rings (SSSR count). The molecule has 3 amide bonds. The van der Waals surface area contributed by atoms with E-state index in [0.717, 1.165) is 17.8 Å². The van der Waals surface area contributed by atoms with Crippen molar-refractivity contribution in [2.45, 2.75) is 24.6 Å². The highest BCUT2D eigenvalue weighted by Crippen LogP contribution is 2.40. The Morgan fingerprint density at radius 2 is 1.75 bits per heavy atom. The number of carbonyl (C=O) groups excluding carboxylic acids is 3. The number of halogens is 3. The average Bonchev–Trinajstić information content (AvgIpc) is 3.13. The monoisotopic (exact) mass is 500 g/mol. The molecule has 36 heavy (non-hydrogen) atoms. The van der Waals surface area contributed by atoms with E-state index in [1.807, 2.05) is 35.2 Å². The van der Waals surface area contributed by atoms with E-state index in [1.165, 1.54) is 21.9 Å². The third-order valence-corrected chi connectivity index (χ3v) is 6.67. The number of piperidine rings is 1. The van der Waals surface area contributed by atoms with E-state index in [2.05, 4.69) is 11.9 Å². The Morgan fingerprint density at radius 3 is 2.39 bits per heavy atom. The van der Waals surface area contributed by atoms with Crippen LogP contribution in [-0.2, 0) is 15.8 Å². The summed E-state index contributed by atoms with van der Waals surface area (Å²) in [4.78, 5) is 43.9. The first-order valence-electron chi connectivity index (χ1n) is 11.6. The lowest BCUT2D eigenvalue weighted by Gasteiger charge is -2.43. The second-order valence-electron chi connectivity index (χ2n) is 8.90. The summed E-state index contributed by atoms with van der Waals surface area (Å²) in [5.74, 6) is -1.01. The number of alkyl halides is 3. The number of nitrogens with zero attached hydrogens (tertiary/aromatic N) is 3. The first-order valence-corrected chi connectivity index (χ1v) is 11.6. The molecule has 2 heterocycles. The van der Waals surface area contributed by atoms with E-state index < -0.39 is 23.2 Å². The van der Waals surface area contributed by atoms with Crippen molar-refractivity contribution < 1.29 is 27.6 Å². The van der Waals surface area contributed by atoms with Crippen molar-refractivity contribution >= 4 is 23.4 Å². The van der Waals surface area contributed by atoms with Crippen LogP contribution in [0.4, 0.5) is 18.9 Å². The van der Waals surface area contributed by atoms with Gasteiger partial charge in [0.1, 0.15) is 12.1 Å². The van der Waals surface area contributed by atoms with Gasteiger partial charge in [-0.15, -0.1) is 6.58 Å². The molecule has 1 spiro atoms. The van der Waals surface area contributed by atoms with Crippen LogP contribution in [0.25, 0.3) is 0 Å². The summed E-state index contributed by atoms with van der Waals surface area (Å²) < 4.78 is 39.3. The van der Waals surface area contributed by atoms with Crippen LogP contribution < -0.4 is 10.2 Å². The van der Waals surface area contributed by atoms with Crippen molar-refractivity contribution in [2.75, 3.05) is 37.7 Å². The number of anilines is 1. The number of para-hydroxylation sites is 1. The molecule has 2 saturated heterocycles. The lowest BCUT2D eigenvalue weighted by Crippen LogP contribution is -2.57. The summed E-state index contributed by atoms with van der Waals surface area (Å²) in [6.07, 6.45) is -2.42. The predicted molar refractivity (Wildman–Crippen MR) is 128 cm³/mol. The molecule has 0 atom stereocenters. The molecule has 2 aliphatic heterocycles. The third-order valence-electron chi connectivity index (χ3n) is 6.67. The molecular formula is C26H27F3N4O3. The van der Waals surface area contributed by atoms with E-state index in [1.54, 1.807) is 6.08 Å². The summed E-state index contributed by atoms with van der Waals surface area (Å²) in [7, 11) is 0. The second-order valence-corrected chi connectivity index (χ2v) is 8.90. The Kier molecular flexibility index (Phi) is 7.05. The van der Waals surface area contributed by atoms with Crippen molar-refractivity contribution in [3.05, 3.63) is 78.4 Å². The molecule has 0 saturated carbocycles. The molecule has 2 aliphatic rings. The molecule has 7 nitrogen and oxygen atoms in total. The average molecular weight is 501 g/mol. The molecule has 10 heteroatoms. The molecule has 2 aromatic carbocycles. The Bertz CT molecular complexity index is 1140. The van der Waals surface area contributed by atoms with Gasteiger partial charge in [0.15, 0.2) is 0 Å². The molecule has 0 unspecified atom stereocenters. The lowest BCUT2D eigenvalue weighted by molar-refractivity contribution is -0.137. The fourth-order valence-corrected chi connectivity index (χ4v) is 4.83. The summed E-state index contributed by atoms with van der Waals surface area (Å²) in [6.45, 7) is 4.36. The van der Waals surface area contributed by atoms with Gasteiger partial charge in [-0.3, -0.25) is 14.4 Å². The normalized spacial score (nSPS) is 17.4. The number of hydrogen-bond acceptors (Lipinski definition) is 4. The molecule has 2 fully saturated rings. The van der Waals surface area contributed by atoms with E-state index in [4.69, 9.17) is 0 Å². The van der Waals surface area contributed by atoms with Gasteiger partial charge < -0.3 is 20.0 Å². The molecule has 0 aliphatic carbocycles. The molecule has 2 aromatic rings. The van der Waals surface area contributed by atoms with Crippen molar-refractivity contribution in [3.63, 3.8) is 0 Å². The zero-order valence-electron chi connectivity index (χ0n) is 19.6. The largest absolute Gasteiger partial charge is 0.416 e. The van der Waals surface area contributed by atoms with Crippen LogP contribution in [0.15, 0.2) is 67.3 Å². The Hall–Kier alpha value is -3.82. The quantitative estimate of drug-likeness (QED) is 0.618. The highest BCUT2D eigenvalue weighted by Gasteiger charge is 2.54. The van der Waals surface area contributed by atoms with Gasteiger partial charge in [-0.25, -0.2) is 0 Å². The molecule has 0 radical (unpaired) electrons. The highest BCUT2D eigenvalue weighted by atomic mass is 19.4. The van der Waals surface area contributed by atoms with Crippen LogP contribution in [-0.4, -0.2) is 65.9 Å². The van der Waals surface area contributed by atoms with Gasteiger partial charge in [0, 0.05) is 30.9 Å². The molecule has 1 N–H and O–H groups in total. The third kappa shape index (κ3) is 4.93. The first-order chi connectivity index (χ1) is 17.2. The van der Waals surface area contributed by atoms with Crippen molar-refractivity contribution in [3.8, 4) is 0 Å².